The largest absolute Gasteiger partial charge is 0.376 e. The van der Waals surface area contributed by atoms with Crippen LogP contribution < -0.4 is 5.32 Å². The molecule has 25 heavy (non-hydrogen) atoms. The van der Waals surface area contributed by atoms with E-state index in [0.29, 0.717) is 0 Å². The van der Waals surface area contributed by atoms with Crippen LogP contribution in [-0.4, -0.2) is 11.8 Å². The molecule has 2 nitrogen and oxygen atoms in total. The molecule has 1 N–H and O–H groups in total. The summed E-state index contributed by atoms with van der Waals surface area (Å²) in [6, 6.07) is 15.2. The average Bonchev–Trinajstić information content (AvgIpc) is 2.87. The van der Waals surface area contributed by atoms with Gasteiger partial charge in [-0.05, 0) is 56.4 Å². The van der Waals surface area contributed by atoms with Gasteiger partial charge in [0.1, 0.15) is 0 Å². The molecule has 0 amide bonds. The zero-order valence-electron chi connectivity index (χ0n) is 15.3. The summed E-state index contributed by atoms with van der Waals surface area (Å²) >= 11 is 0. The molecule has 1 heterocycles. The first kappa shape index (κ1) is 17.2. The van der Waals surface area contributed by atoms with E-state index < -0.39 is 0 Å². The Labute approximate surface area is 151 Å². The number of aliphatic imine (C=N–C) groups is 1. The fourth-order valence-electron chi connectivity index (χ4n) is 3.38. The first-order chi connectivity index (χ1) is 12.1. The Morgan fingerprint density at radius 3 is 2.44 bits per heavy atom. The van der Waals surface area contributed by atoms with Gasteiger partial charge >= 0.3 is 0 Å². The van der Waals surface area contributed by atoms with E-state index in [1.807, 2.05) is 6.20 Å². The van der Waals surface area contributed by atoms with Gasteiger partial charge in [0.2, 0.25) is 0 Å². The Balaban J connectivity index is 1.94. The van der Waals surface area contributed by atoms with Gasteiger partial charge in [0.15, 0.2) is 0 Å². The summed E-state index contributed by atoms with van der Waals surface area (Å²) in [6.45, 7) is 6.49. The third-order valence-corrected chi connectivity index (χ3v) is 4.53. The first-order valence-corrected chi connectivity index (χ1v) is 8.91. The summed E-state index contributed by atoms with van der Waals surface area (Å²) in [5.74, 6) is 0. The molecule has 0 aromatic heterocycles. The molecule has 0 spiro atoms. The van der Waals surface area contributed by atoms with Gasteiger partial charge in [0, 0.05) is 11.9 Å². The molecule has 1 atom stereocenters. The first-order valence-electron chi connectivity index (χ1n) is 8.91. The van der Waals surface area contributed by atoms with Crippen LogP contribution in [0.4, 0.5) is 5.69 Å². The standard InChI is InChI=1S/C23H26N2/c1-17-14-18(2)23(19(3)15-17)25-22(16-20-10-6-4-7-11-20)21-12-8-5-9-13-24-21/h4,6-15,22,25H,5,16H2,1-3H3. The van der Waals surface area contributed by atoms with E-state index in [1.54, 1.807) is 0 Å². The van der Waals surface area contributed by atoms with Gasteiger partial charge in [0.05, 0.1) is 11.8 Å². The van der Waals surface area contributed by atoms with Crippen LogP contribution >= 0.6 is 0 Å². The van der Waals surface area contributed by atoms with Crippen molar-refractivity contribution in [2.45, 2.75) is 39.7 Å². The van der Waals surface area contributed by atoms with Crippen molar-refractivity contribution in [3.8, 4) is 0 Å². The number of benzene rings is 2. The number of aryl methyl sites for hydroxylation is 3. The van der Waals surface area contributed by atoms with E-state index in [2.05, 4.69) is 91.8 Å². The van der Waals surface area contributed by atoms with Crippen LogP contribution in [0.25, 0.3) is 0 Å². The van der Waals surface area contributed by atoms with Gasteiger partial charge in [-0.2, -0.15) is 0 Å². The monoisotopic (exact) mass is 330 g/mol. The second-order valence-electron chi connectivity index (χ2n) is 6.74. The predicted molar refractivity (Wildman–Crippen MR) is 109 cm³/mol. The number of nitrogens with one attached hydrogen (secondary N) is 1. The highest BCUT2D eigenvalue weighted by atomic mass is 15.0. The van der Waals surface area contributed by atoms with E-state index in [9.17, 15) is 0 Å². The molecular formula is C23H26N2. The SMILES string of the molecule is Cc1cc(C)c(NC(Cc2ccccc2)C2=NC=CCC=C2)c(C)c1. The smallest absolute Gasteiger partial charge is 0.0725 e. The van der Waals surface area contributed by atoms with Gasteiger partial charge in [-0.1, -0.05) is 60.2 Å². The summed E-state index contributed by atoms with van der Waals surface area (Å²) in [4.78, 5) is 4.68. The fourth-order valence-corrected chi connectivity index (χ4v) is 3.38. The van der Waals surface area contributed by atoms with Crippen molar-refractivity contribution in [3.05, 3.63) is 89.1 Å². The molecule has 0 bridgehead atoms. The zero-order valence-corrected chi connectivity index (χ0v) is 15.3. The lowest BCUT2D eigenvalue weighted by atomic mass is 9.98. The normalized spacial score (nSPS) is 14.8. The van der Waals surface area contributed by atoms with Crippen molar-refractivity contribution in [1.29, 1.82) is 0 Å². The Morgan fingerprint density at radius 1 is 1.00 bits per heavy atom. The van der Waals surface area contributed by atoms with Gasteiger partial charge in [-0.15, -0.1) is 0 Å². The maximum Gasteiger partial charge on any atom is 0.0725 e. The van der Waals surface area contributed by atoms with Gasteiger partial charge in [0.25, 0.3) is 0 Å². The van der Waals surface area contributed by atoms with Crippen LogP contribution in [0.15, 0.2) is 71.9 Å². The average molecular weight is 330 g/mol. The number of hydrogen-bond acceptors (Lipinski definition) is 2. The maximum absolute atomic E-state index is 4.68. The number of hydrogen-bond donors (Lipinski definition) is 1. The Bertz CT molecular complexity index is 790. The molecule has 0 fully saturated rings. The number of nitrogens with zero attached hydrogens (tertiary/aromatic N) is 1. The Kier molecular flexibility index (Phi) is 5.49. The predicted octanol–water partition coefficient (Wildman–Crippen LogP) is 5.55. The van der Waals surface area contributed by atoms with Crippen molar-refractivity contribution >= 4 is 11.4 Å². The summed E-state index contributed by atoms with van der Waals surface area (Å²) in [6.07, 6.45) is 10.2. The second kappa shape index (κ2) is 7.98. The van der Waals surface area contributed by atoms with Crippen LogP contribution in [0, 0.1) is 20.8 Å². The Morgan fingerprint density at radius 2 is 1.72 bits per heavy atom. The minimum atomic E-state index is 0.140. The second-order valence-corrected chi connectivity index (χ2v) is 6.74. The van der Waals surface area contributed by atoms with Crippen LogP contribution in [0.1, 0.15) is 28.7 Å². The van der Waals surface area contributed by atoms with Crippen molar-refractivity contribution in [2.24, 2.45) is 4.99 Å². The third kappa shape index (κ3) is 4.48. The molecule has 1 unspecified atom stereocenters. The molecule has 2 aromatic carbocycles. The van der Waals surface area contributed by atoms with Gasteiger partial charge < -0.3 is 5.32 Å². The topological polar surface area (TPSA) is 24.4 Å². The van der Waals surface area contributed by atoms with Crippen LogP contribution in [0.3, 0.4) is 0 Å². The number of anilines is 1. The molecule has 1 aliphatic heterocycles. The molecule has 2 aromatic rings. The van der Waals surface area contributed by atoms with E-state index in [-0.39, 0.29) is 6.04 Å². The molecule has 0 radical (unpaired) electrons. The fraction of sp³-hybridized carbons (Fsp3) is 0.261. The lowest BCUT2D eigenvalue weighted by Crippen LogP contribution is -2.31. The quantitative estimate of drug-likeness (QED) is 0.763. The summed E-state index contributed by atoms with van der Waals surface area (Å²) in [5.41, 5.74) is 7.47. The lowest BCUT2D eigenvalue weighted by Gasteiger charge is -2.23. The molecule has 3 rings (SSSR count). The third-order valence-electron chi connectivity index (χ3n) is 4.53. The Hall–Kier alpha value is -2.61. The number of rotatable bonds is 5. The molecule has 0 aliphatic carbocycles. The molecule has 2 heteroatoms. The van der Waals surface area contributed by atoms with Gasteiger partial charge in [-0.25, -0.2) is 0 Å². The summed E-state index contributed by atoms with van der Waals surface area (Å²) in [5, 5.41) is 3.77. The van der Waals surface area contributed by atoms with E-state index >= 15 is 0 Å². The minimum absolute atomic E-state index is 0.140. The van der Waals surface area contributed by atoms with Crippen LogP contribution in [0.2, 0.25) is 0 Å². The molecule has 1 aliphatic rings. The van der Waals surface area contributed by atoms with Crippen molar-refractivity contribution in [2.75, 3.05) is 5.32 Å². The van der Waals surface area contributed by atoms with Crippen LogP contribution in [0.5, 0.6) is 0 Å². The summed E-state index contributed by atoms with van der Waals surface area (Å²) < 4.78 is 0. The highest BCUT2D eigenvalue weighted by Crippen LogP contribution is 2.24. The molecule has 0 saturated carbocycles. The highest BCUT2D eigenvalue weighted by molar-refractivity contribution is 6.02. The molecule has 128 valence electrons. The van der Waals surface area contributed by atoms with Crippen molar-refractivity contribution in [1.82, 2.24) is 0 Å². The highest BCUT2D eigenvalue weighted by Gasteiger charge is 2.17. The molecular weight excluding hydrogens is 304 g/mol. The maximum atomic E-state index is 4.68. The van der Waals surface area contributed by atoms with E-state index in [0.717, 1.165) is 18.6 Å². The van der Waals surface area contributed by atoms with Crippen molar-refractivity contribution < 1.29 is 0 Å². The van der Waals surface area contributed by atoms with Crippen LogP contribution in [-0.2, 0) is 6.42 Å². The van der Waals surface area contributed by atoms with Gasteiger partial charge in [-0.3, -0.25) is 4.99 Å². The zero-order chi connectivity index (χ0) is 17.6. The molecule has 0 saturated heterocycles. The van der Waals surface area contributed by atoms with Crippen molar-refractivity contribution in [3.63, 3.8) is 0 Å². The summed E-state index contributed by atoms with van der Waals surface area (Å²) in [7, 11) is 0. The van der Waals surface area contributed by atoms with E-state index in [1.165, 1.54) is 27.9 Å². The van der Waals surface area contributed by atoms with E-state index in [4.69, 9.17) is 0 Å². The number of allylic oxidation sites excluding steroid dienone is 2. The lowest BCUT2D eigenvalue weighted by molar-refractivity contribution is 0.901. The minimum Gasteiger partial charge on any atom is -0.376 e.